The molecule has 2 N–H and O–H groups in total. The minimum absolute atomic E-state index is 0.264. The van der Waals surface area contributed by atoms with Crippen molar-refractivity contribution in [2.24, 2.45) is 0 Å². The van der Waals surface area contributed by atoms with E-state index in [0.717, 1.165) is 5.56 Å². The molecule has 0 saturated carbocycles. The normalized spacial score (nSPS) is 20.4. The van der Waals surface area contributed by atoms with Crippen LogP contribution in [0.25, 0.3) is 0 Å². The average molecular weight is 295 g/mol. The molecule has 0 radical (unpaired) electrons. The molecule has 1 atom stereocenters. The monoisotopic (exact) mass is 294 g/mol. The number of sulfonamides is 1. The third-order valence-electron chi connectivity index (χ3n) is 2.95. The van der Waals surface area contributed by atoms with E-state index in [0.29, 0.717) is 10.7 Å². The highest BCUT2D eigenvalue weighted by molar-refractivity contribution is 7.89. The Morgan fingerprint density at radius 3 is 2.42 bits per heavy atom. The van der Waals surface area contributed by atoms with Crippen LogP contribution in [0.4, 0.5) is 5.69 Å². The van der Waals surface area contributed by atoms with Gasteiger partial charge < -0.3 is 5.32 Å². The first-order valence-corrected chi connectivity index (χ1v) is 7.56. The molecule has 0 aliphatic carbocycles. The van der Waals surface area contributed by atoms with Gasteiger partial charge in [-0.1, -0.05) is 35.9 Å². The Bertz CT molecular complexity index is 714. The lowest BCUT2D eigenvalue weighted by atomic mass is 10.1. The van der Waals surface area contributed by atoms with Gasteiger partial charge in [-0.15, -0.1) is 0 Å². The van der Waals surface area contributed by atoms with E-state index in [4.69, 9.17) is 11.6 Å². The second kappa shape index (κ2) is 4.52. The van der Waals surface area contributed by atoms with Gasteiger partial charge in [0.25, 0.3) is 0 Å². The summed E-state index contributed by atoms with van der Waals surface area (Å²) < 4.78 is 26.9. The minimum Gasteiger partial charge on any atom is -0.364 e. The molecule has 1 aliphatic rings. The zero-order chi connectivity index (χ0) is 13.5. The van der Waals surface area contributed by atoms with Crippen molar-refractivity contribution in [3.63, 3.8) is 0 Å². The Morgan fingerprint density at radius 1 is 1.00 bits per heavy atom. The molecule has 98 valence electrons. The standard InChI is InChI=1S/C13H11ClN2O2S/c14-10-7-5-9(6-8-10)13-15-11-3-1-2-4-12(11)19(17,18)16-13/h1-8,13,15-16H. The van der Waals surface area contributed by atoms with Crippen LogP contribution in [0.1, 0.15) is 11.7 Å². The van der Waals surface area contributed by atoms with Crippen LogP contribution >= 0.6 is 11.6 Å². The molecule has 3 rings (SSSR count). The van der Waals surface area contributed by atoms with Crippen molar-refractivity contribution >= 4 is 27.3 Å². The van der Waals surface area contributed by atoms with Crippen molar-refractivity contribution in [3.05, 3.63) is 59.1 Å². The van der Waals surface area contributed by atoms with Gasteiger partial charge >= 0.3 is 0 Å². The van der Waals surface area contributed by atoms with Gasteiger partial charge in [-0.3, -0.25) is 0 Å². The predicted molar refractivity (Wildman–Crippen MR) is 74.6 cm³/mol. The molecule has 2 aromatic carbocycles. The lowest BCUT2D eigenvalue weighted by Crippen LogP contribution is -2.38. The molecule has 0 amide bonds. The first-order valence-electron chi connectivity index (χ1n) is 5.70. The molecule has 4 nitrogen and oxygen atoms in total. The van der Waals surface area contributed by atoms with Crippen molar-refractivity contribution in [3.8, 4) is 0 Å². The summed E-state index contributed by atoms with van der Waals surface area (Å²) in [5.41, 5.74) is 1.41. The van der Waals surface area contributed by atoms with Gasteiger partial charge in [0, 0.05) is 5.02 Å². The van der Waals surface area contributed by atoms with E-state index in [1.807, 2.05) is 0 Å². The number of hydrogen-bond acceptors (Lipinski definition) is 3. The number of halogens is 1. The molecule has 0 aromatic heterocycles. The maximum absolute atomic E-state index is 12.1. The number of anilines is 1. The van der Waals surface area contributed by atoms with E-state index < -0.39 is 16.2 Å². The molecular weight excluding hydrogens is 284 g/mol. The number of nitrogens with one attached hydrogen (secondary N) is 2. The van der Waals surface area contributed by atoms with Crippen LogP contribution < -0.4 is 10.0 Å². The fraction of sp³-hybridized carbons (Fsp3) is 0.0769. The highest BCUT2D eigenvalue weighted by Gasteiger charge is 2.29. The Balaban J connectivity index is 2.03. The fourth-order valence-corrected chi connectivity index (χ4v) is 3.46. The summed E-state index contributed by atoms with van der Waals surface area (Å²) >= 11 is 5.83. The molecule has 19 heavy (non-hydrogen) atoms. The van der Waals surface area contributed by atoms with E-state index in [1.54, 1.807) is 48.5 Å². The largest absolute Gasteiger partial charge is 0.364 e. The number of hydrogen-bond donors (Lipinski definition) is 2. The SMILES string of the molecule is O=S1(=O)NC(c2ccc(Cl)cc2)Nc2ccccc21. The maximum atomic E-state index is 12.1. The Kier molecular flexibility index (Phi) is 2.97. The molecule has 6 heteroatoms. The van der Waals surface area contributed by atoms with Crippen LogP contribution in [-0.4, -0.2) is 8.42 Å². The molecule has 0 spiro atoms. The molecule has 0 saturated heterocycles. The lowest BCUT2D eigenvalue weighted by molar-refractivity contribution is 0.562. The Morgan fingerprint density at radius 2 is 1.68 bits per heavy atom. The second-order valence-electron chi connectivity index (χ2n) is 4.25. The summed E-state index contributed by atoms with van der Waals surface area (Å²) in [5, 5.41) is 3.77. The number of fused-ring (bicyclic) bond motifs is 1. The van der Waals surface area contributed by atoms with E-state index in [9.17, 15) is 8.42 Å². The van der Waals surface area contributed by atoms with Crippen molar-refractivity contribution in [2.45, 2.75) is 11.1 Å². The fourth-order valence-electron chi connectivity index (χ4n) is 2.03. The first-order chi connectivity index (χ1) is 9.06. The van der Waals surface area contributed by atoms with E-state index in [2.05, 4.69) is 10.0 Å². The maximum Gasteiger partial charge on any atom is 0.244 e. The number of para-hydroxylation sites is 1. The van der Waals surface area contributed by atoms with Crippen LogP contribution in [0.2, 0.25) is 5.02 Å². The van der Waals surface area contributed by atoms with Gasteiger partial charge in [0.05, 0.1) is 5.69 Å². The number of benzene rings is 2. The van der Waals surface area contributed by atoms with Gasteiger partial charge in [0.1, 0.15) is 11.1 Å². The summed E-state index contributed by atoms with van der Waals surface area (Å²) in [4.78, 5) is 0.264. The van der Waals surface area contributed by atoms with Gasteiger partial charge in [-0.05, 0) is 29.8 Å². The van der Waals surface area contributed by atoms with Crippen LogP contribution in [-0.2, 0) is 10.0 Å². The van der Waals surface area contributed by atoms with Crippen molar-refractivity contribution in [2.75, 3.05) is 5.32 Å². The average Bonchev–Trinajstić information content (AvgIpc) is 2.39. The second-order valence-corrected chi connectivity index (χ2v) is 6.37. The molecular formula is C13H11ClN2O2S. The topological polar surface area (TPSA) is 58.2 Å². The summed E-state index contributed by atoms with van der Waals surface area (Å²) in [6, 6.07) is 13.8. The summed E-state index contributed by atoms with van der Waals surface area (Å²) in [6.07, 6.45) is -0.489. The third-order valence-corrected chi connectivity index (χ3v) is 4.69. The third kappa shape index (κ3) is 2.32. The Labute approximate surface area is 116 Å². The van der Waals surface area contributed by atoms with E-state index in [1.165, 1.54) is 0 Å². The minimum atomic E-state index is -3.49. The van der Waals surface area contributed by atoms with Crippen molar-refractivity contribution in [1.29, 1.82) is 0 Å². The Hall–Kier alpha value is -1.56. The number of rotatable bonds is 1. The lowest BCUT2D eigenvalue weighted by Gasteiger charge is -2.28. The zero-order valence-electron chi connectivity index (χ0n) is 9.80. The highest BCUT2D eigenvalue weighted by atomic mass is 35.5. The molecule has 2 aromatic rings. The van der Waals surface area contributed by atoms with Gasteiger partial charge in [-0.2, -0.15) is 4.72 Å². The molecule has 0 fully saturated rings. The van der Waals surface area contributed by atoms with E-state index in [-0.39, 0.29) is 4.90 Å². The summed E-state index contributed by atoms with van der Waals surface area (Å²) in [5.74, 6) is 0. The van der Waals surface area contributed by atoms with Crippen LogP contribution in [0.15, 0.2) is 53.4 Å². The molecule has 0 bridgehead atoms. The quantitative estimate of drug-likeness (QED) is 0.850. The molecule has 1 heterocycles. The van der Waals surface area contributed by atoms with Crippen molar-refractivity contribution in [1.82, 2.24) is 4.72 Å². The molecule has 1 unspecified atom stereocenters. The molecule has 1 aliphatic heterocycles. The van der Waals surface area contributed by atoms with Gasteiger partial charge in [0.2, 0.25) is 10.0 Å². The highest BCUT2D eigenvalue weighted by Crippen LogP contribution is 2.30. The predicted octanol–water partition coefficient (Wildman–Crippen LogP) is 2.74. The van der Waals surface area contributed by atoms with Crippen LogP contribution in [0, 0.1) is 0 Å². The van der Waals surface area contributed by atoms with Gasteiger partial charge in [-0.25, -0.2) is 8.42 Å². The van der Waals surface area contributed by atoms with Crippen LogP contribution in [0.5, 0.6) is 0 Å². The summed E-state index contributed by atoms with van der Waals surface area (Å²) in [7, 11) is -3.49. The van der Waals surface area contributed by atoms with Crippen LogP contribution in [0.3, 0.4) is 0 Å². The van der Waals surface area contributed by atoms with E-state index >= 15 is 0 Å². The van der Waals surface area contributed by atoms with Crippen molar-refractivity contribution < 1.29 is 8.42 Å². The summed E-state index contributed by atoms with van der Waals surface area (Å²) in [6.45, 7) is 0. The van der Waals surface area contributed by atoms with Gasteiger partial charge in [0.15, 0.2) is 0 Å². The zero-order valence-corrected chi connectivity index (χ0v) is 11.4. The smallest absolute Gasteiger partial charge is 0.244 e. The first kappa shape index (κ1) is 12.5.